The topological polar surface area (TPSA) is 91.8 Å². The van der Waals surface area contributed by atoms with Crippen molar-refractivity contribution >= 4 is 23.4 Å². The first-order valence-corrected chi connectivity index (χ1v) is 10.3. The number of ether oxygens (including phenoxy) is 4. The van der Waals surface area contributed by atoms with E-state index in [1.807, 2.05) is 30.3 Å². The first-order valence-electron chi connectivity index (χ1n) is 9.28. The Morgan fingerprint density at radius 1 is 0.839 bits per heavy atom. The summed E-state index contributed by atoms with van der Waals surface area (Å²) in [6.07, 6.45) is 0. The number of aromatic nitrogens is 2. The Balaban J connectivity index is 1.61. The molecule has 0 aliphatic rings. The lowest BCUT2D eigenvalue weighted by atomic mass is 10.1. The van der Waals surface area contributed by atoms with Crippen LogP contribution in [0.3, 0.4) is 0 Å². The van der Waals surface area contributed by atoms with Crippen molar-refractivity contribution in [2.45, 2.75) is 5.03 Å². The summed E-state index contributed by atoms with van der Waals surface area (Å²) in [6.45, 7) is 0. The fourth-order valence-corrected chi connectivity index (χ4v) is 3.39. The predicted molar refractivity (Wildman–Crippen MR) is 119 cm³/mol. The van der Waals surface area contributed by atoms with Gasteiger partial charge in [0.2, 0.25) is 5.91 Å². The van der Waals surface area contributed by atoms with Gasteiger partial charge in [0.15, 0.2) is 11.5 Å². The van der Waals surface area contributed by atoms with Gasteiger partial charge in [0.25, 0.3) is 0 Å². The Morgan fingerprint density at radius 2 is 1.61 bits per heavy atom. The SMILES string of the molecule is COc1ccc(NC(=O)CSc2ccc(-c3ccc(OC)c(OC)c3)nn2)c(OC)c1. The molecule has 0 atom stereocenters. The van der Waals surface area contributed by atoms with Gasteiger partial charge in [-0.1, -0.05) is 11.8 Å². The van der Waals surface area contributed by atoms with Crippen molar-refractivity contribution in [3.05, 3.63) is 48.5 Å². The first kappa shape index (κ1) is 22.2. The molecule has 0 fully saturated rings. The molecule has 1 amide bonds. The second kappa shape index (κ2) is 10.5. The fourth-order valence-electron chi connectivity index (χ4n) is 2.77. The molecule has 0 saturated heterocycles. The third kappa shape index (κ3) is 5.58. The monoisotopic (exact) mass is 441 g/mol. The maximum atomic E-state index is 12.3. The number of nitrogens with zero attached hydrogens (tertiary/aromatic N) is 2. The van der Waals surface area contributed by atoms with Crippen LogP contribution in [0.5, 0.6) is 23.0 Å². The molecule has 8 nitrogen and oxygen atoms in total. The molecule has 9 heteroatoms. The van der Waals surface area contributed by atoms with Crippen molar-refractivity contribution < 1.29 is 23.7 Å². The minimum atomic E-state index is -0.181. The number of thioether (sulfide) groups is 1. The van der Waals surface area contributed by atoms with Crippen LogP contribution in [0.4, 0.5) is 5.69 Å². The summed E-state index contributed by atoms with van der Waals surface area (Å²) < 4.78 is 21.0. The summed E-state index contributed by atoms with van der Waals surface area (Å²) in [5, 5.41) is 11.9. The second-order valence-corrected chi connectivity index (χ2v) is 7.23. The van der Waals surface area contributed by atoms with Crippen LogP contribution in [0.1, 0.15) is 0 Å². The number of anilines is 1. The lowest BCUT2D eigenvalue weighted by Crippen LogP contribution is -2.14. The van der Waals surface area contributed by atoms with Crippen molar-refractivity contribution in [1.29, 1.82) is 0 Å². The van der Waals surface area contributed by atoms with E-state index in [2.05, 4.69) is 15.5 Å². The minimum absolute atomic E-state index is 0.180. The Morgan fingerprint density at radius 3 is 2.26 bits per heavy atom. The highest BCUT2D eigenvalue weighted by molar-refractivity contribution is 7.99. The van der Waals surface area contributed by atoms with Crippen molar-refractivity contribution in [3.63, 3.8) is 0 Å². The van der Waals surface area contributed by atoms with E-state index in [1.165, 1.54) is 18.9 Å². The summed E-state index contributed by atoms with van der Waals surface area (Å²) >= 11 is 1.29. The smallest absolute Gasteiger partial charge is 0.234 e. The number of methoxy groups -OCH3 is 4. The van der Waals surface area contributed by atoms with Crippen LogP contribution in [-0.2, 0) is 4.79 Å². The Kier molecular flexibility index (Phi) is 7.55. The number of hydrogen-bond donors (Lipinski definition) is 1. The molecule has 1 aromatic heterocycles. The largest absolute Gasteiger partial charge is 0.497 e. The standard InChI is InChI=1S/C22H23N3O5S/c1-27-15-6-7-17(19(12-15)29-3)23-21(26)13-31-22-10-8-16(24-25-22)14-5-9-18(28-2)20(11-14)30-4/h5-12H,13H2,1-4H3,(H,23,26). The van der Waals surface area contributed by atoms with Crippen molar-refractivity contribution in [2.75, 3.05) is 39.5 Å². The van der Waals surface area contributed by atoms with Gasteiger partial charge in [-0.15, -0.1) is 10.2 Å². The molecule has 0 aliphatic carbocycles. The summed E-state index contributed by atoms with van der Waals surface area (Å²) in [4.78, 5) is 12.3. The summed E-state index contributed by atoms with van der Waals surface area (Å²) in [6, 6.07) is 14.4. The van der Waals surface area contributed by atoms with E-state index in [0.29, 0.717) is 39.4 Å². The van der Waals surface area contributed by atoms with Crippen molar-refractivity contribution in [3.8, 4) is 34.3 Å². The molecular weight excluding hydrogens is 418 g/mol. The van der Waals surface area contributed by atoms with Crippen LogP contribution >= 0.6 is 11.8 Å². The summed E-state index contributed by atoms with van der Waals surface area (Å²) in [5.41, 5.74) is 2.12. The van der Waals surface area contributed by atoms with E-state index >= 15 is 0 Å². The Labute approximate surface area is 184 Å². The molecule has 0 bridgehead atoms. The zero-order chi connectivity index (χ0) is 22.2. The van der Waals surface area contributed by atoms with Crippen LogP contribution in [0.25, 0.3) is 11.3 Å². The number of amides is 1. The fraction of sp³-hybridized carbons (Fsp3) is 0.227. The maximum absolute atomic E-state index is 12.3. The molecule has 0 unspecified atom stereocenters. The van der Waals surface area contributed by atoms with Gasteiger partial charge in [-0.05, 0) is 42.5 Å². The van der Waals surface area contributed by atoms with E-state index in [0.717, 1.165) is 5.56 Å². The van der Waals surface area contributed by atoms with Gasteiger partial charge in [-0.3, -0.25) is 4.79 Å². The zero-order valence-electron chi connectivity index (χ0n) is 17.7. The lowest BCUT2D eigenvalue weighted by molar-refractivity contribution is -0.113. The highest BCUT2D eigenvalue weighted by atomic mass is 32.2. The van der Waals surface area contributed by atoms with Gasteiger partial charge < -0.3 is 24.3 Å². The molecule has 0 aliphatic heterocycles. The quantitative estimate of drug-likeness (QED) is 0.500. The number of rotatable bonds is 9. The molecule has 0 saturated carbocycles. The predicted octanol–water partition coefficient (Wildman–Crippen LogP) is 3.91. The highest BCUT2D eigenvalue weighted by Crippen LogP contribution is 2.32. The van der Waals surface area contributed by atoms with Gasteiger partial charge in [0.05, 0.1) is 45.6 Å². The zero-order valence-corrected chi connectivity index (χ0v) is 18.5. The van der Waals surface area contributed by atoms with Crippen LogP contribution in [0.15, 0.2) is 53.6 Å². The molecule has 3 rings (SSSR count). The van der Waals surface area contributed by atoms with Crippen LogP contribution < -0.4 is 24.3 Å². The highest BCUT2D eigenvalue weighted by Gasteiger charge is 2.11. The third-order valence-corrected chi connectivity index (χ3v) is 5.27. The van der Waals surface area contributed by atoms with E-state index in [4.69, 9.17) is 18.9 Å². The number of benzene rings is 2. The molecule has 1 heterocycles. The van der Waals surface area contributed by atoms with E-state index in [-0.39, 0.29) is 11.7 Å². The van der Waals surface area contributed by atoms with E-state index in [1.54, 1.807) is 39.5 Å². The summed E-state index contributed by atoms with van der Waals surface area (Å²) in [7, 11) is 6.28. The molecule has 0 spiro atoms. The molecule has 31 heavy (non-hydrogen) atoms. The average molecular weight is 442 g/mol. The van der Waals surface area contributed by atoms with Gasteiger partial charge in [0, 0.05) is 11.6 Å². The van der Waals surface area contributed by atoms with Gasteiger partial charge in [0.1, 0.15) is 16.5 Å². The maximum Gasteiger partial charge on any atom is 0.234 e. The molecule has 1 N–H and O–H groups in total. The first-order chi connectivity index (χ1) is 15.1. The number of nitrogens with one attached hydrogen (secondary N) is 1. The van der Waals surface area contributed by atoms with E-state index < -0.39 is 0 Å². The van der Waals surface area contributed by atoms with Crippen molar-refractivity contribution in [1.82, 2.24) is 10.2 Å². The average Bonchev–Trinajstić information content (AvgIpc) is 2.82. The third-order valence-electron chi connectivity index (χ3n) is 4.35. The number of carbonyl (C=O) groups excluding carboxylic acids is 1. The van der Waals surface area contributed by atoms with Gasteiger partial charge in [-0.25, -0.2) is 0 Å². The Hall–Kier alpha value is -3.46. The molecule has 162 valence electrons. The molecule has 3 aromatic rings. The van der Waals surface area contributed by atoms with Crippen LogP contribution in [-0.4, -0.2) is 50.3 Å². The normalized spacial score (nSPS) is 10.3. The van der Waals surface area contributed by atoms with Crippen LogP contribution in [0.2, 0.25) is 0 Å². The minimum Gasteiger partial charge on any atom is -0.497 e. The summed E-state index contributed by atoms with van der Waals surface area (Å²) in [5.74, 6) is 2.43. The van der Waals surface area contributed by atoms with Gasteiger partial charge >= 0.3 is 0 Å². The number of carbonyl (C=O) groups is 1. The van der Waals surface area contributed by atoms with Crippen molar-refractivity contribution in [2.24, 2.45) is 0 Å². The van der Waals surface area contributed by atoms with Gasteiger partial charge in [-0.2, -0.15) is 0 Å². The van der Waals surface area contributed by atoms with Crippen LogP contribution in [0, 0.1) is 0 Å². The molecule has 2 aromatic carbocycles. The second-order valence-electron chi connectivity index (χ2n) is 6.23. The lowest BCUT2D eigenvalue weighted by Gasteiger charge is -2.11. The molecular formula is C22H23N3O5S. The number of hydrogen-bond acceptors (Lipinski definition) is 8. The Bertz CT molecular complexity index is 1040. The van der Waals surface area contributed by atoms with E-state index in [9.17, 15) is 4.79 Å². The molecule has 0 radical (unpaired) electrons.